The Hall–Kier alpha value is 0.570. The molecule has 1 nitrogen and oxygen atoms in total. The molecule has 18 heavy (non-hydrogen) atoms. The number of rotatable bonds is 6. The summed E-state index contributed by atoms with van der Waals surface area (Å²) in [4.78, 5) is 1.43. The van der Waals surface area contributed by atoms with Crippen molar-refractivity contribution in [2.75, 3.05) is 6.54 Å². The van der Waals surface area contributed by atoms with E-state index < -0.39 is 0 Å². The summed E-state index contributed by atoms with van der Waals surface area (Å²) in [5.41, 5.74) is 1.42. The molecule has 2 aromatic rings. The first-order valence-electron chi connectivity index (χ1n) is 5.89. The first kappa shape index (κ1) is 15.0. The number of hydrogen-bond acceptors (Lipinski definition) is 3. The molecular formula is C13H15BrINS2. The fourth-order valence-electron chi connectivity index (χ4n) is 1.79. The lowest BCUT2D eigenvalue weighted by Gasteiger charge is -2.16. The van der Waals surface area contributed by atoms with Gasteiger partial charge in [-0.05, 0) is 74.6 Å². The predicted octanol–water partition coefficient (Wildman–Crippen LogP) is 5.46. The minimum Gasteiger partial charge on any atom is -0.310 e. The van der Waals surface area contributed by atoms with Crippen molar-refractivity contribution in [3.63, 3.8) is 0 Å². The van der Waals surface area contributed by atoms with Gasteiger partial charge in [-0.15, -0.1) is 22.7 Å². The Morgan fingerprint density at radius 3 is 2.72 bits per heavy atom. The third kappa shape index (κ3) is 4.30. The molecule has 0 aliphatic carbocycles. The largest absolute Gasteiger partial charge is 0.310 e. The molecular weight excluding hydrogens is 441 g/mol. The van der Waals surface area contributed by atoms with Gasteiger partial charge < -0.3 is 5.32 Å². The van der Waals surface area contributed by atoms with Gasteiger partial charge in [0.1, 0.15) is 0 Å². The highest BCUT2D eigenvalue weighted by molar-refractivity contribution is 14.1. The maximum atomic E-state index is 3.65. The van der Waals surface area contributed by atoms with E-state index in [2.05, 4.69) is 73.7 Å². The lowest BCUT2D eigenvalue weighted by Crippen LogP contribution is -2.23. The summed E-state index contributed by atoms with van der Waals surface area (Å²) in [6.07, 6.45) is 2.24. The van der Waals surface area contributed by atoms with E-state index in [4.69, 9.17) is 0 Å². The topological polar surface area (TPSA) is 12.0 Å². The smallest absolute Gasteiger partial charge is 0.0656 e. The number of halogens is 2. The molecule has 98 valence electrons. The Balaban J connectivity index is 2.09. The second kappa shape index (κ2) is 7.38. The third-order valence-corrected chi connectivity index (χ3v) is 6.19. The molecule has 0 saturated heterocycles. The molecule has 2 rings (SSSR count). The van der Waals surface area contributed by atoms with Crippen LogP contribution in [0.3, 0.4) is 0 Å². The summed E-state index contributed by atoms with van der Waals surface area (Å²) in [7, 11) is 0. The van der Waals surface area contributed by atoms with Crippen LogP contribution in [0.5, 0.6) is 0 Å². The quantitative estimate of drug-likeness (QED) is 0.570. The van der Waals surface area contributed by atoms with Gasteiger partial charge in [-0.25, -0.2) is 0 Å². The average Bonchev–Trinajstić information content (AvgIpc) is 2.93. The van der Waals surface area contributed by atoms with Gasteiger partial charge in [0.15, 0.2) is 0 Å². The Labute approximate surface area is 138 Å². The fourth-order valence-corrected chi connectivity index (χ4v) is 4.72. The maximum absolute atomic E-state index is 3.65. The van der Waals surface area contributed by atoms with Crippen LogP contribution in [0.4, 0.5) is 0 Å². The molecule has 0 aliphatic rings. The van der Waals surface area contributed by atoms with Gasteiger partial charge in [0.2, 0.25) is 0 Å². The first-order valence-corrected chi connectivity index (χ1v) is 9.52. The predicted molar refractivity (Wildman–Crippen MR) is 93.8 cm³/mol. The van der Waals surface area contributed by atoms with Gasteiger partial charge in [0, 0.05) is 27.2 Å². The van der Waals surface area contributed by atoms with Gasteiger partial charge >= 0.3 is 0 Å². The van der Waals surface area contributed by atoms with Gasteiger partial charge in [0.25, 0.3) is 0 Å². The van der Waals surface area contributed by atoms with Gasteiger partial charge in [-0.2, -0.15) is 0 Å². The zero-order valence-corrected chi connectivity index (χ0v) is 15.5. The standard InChI is InChI=1S/C13H15BrINS2/c1-2-3-16-12(9-4-13(15)18-7-9)6-11-5-10(14)8-17-11/h4-5,7-8,12,16H,2-3,6H2,1H3. The van der Waals surface area contributed by atoms with Crippen LogP contribution in [0.15, 0.2) is 27.4 Å². The van der Waals surface area contributed by atoms with Crippen molar-refractivity contribution in [1.82, 2.24) is 5.32 Å². The summed E-state index contributed by atoms with van der Waals surface area (Å²) in [5.74, 6) is 0. The maximum Gasteiger partial charge on any atom is 0.0656 e. The van der Waals surface area contributed by atoms with Crippen LogP contribution in [0.25, 0.3) is 0 Å². The van der Waals surface area contributed by atoms with Crippen LogP contribution >= 0.6 is 61.2 Å². The van der Waals surface area contributed by atoms with Crippen molar-refractivity contribution in [2.45, 2.75) is 25.8 Å². The zero-order valence-electron chi connectivity index (χ0n) is 10.1. The number of thiophene rings is 2. The van der Waals surface area contributed by atoms with Crippen molar-refractivity contribution in [3.05, 3.63) is 40.7 Å². The van der Waals surface area contributed by atoms with E-state index in [0.717, 1.165) is 13.0 Å². The Morgan fingerprint density at radius 2 is 2.17 bits per heavy atom. The van der Waals surface area contributed by atoms with Crippen LogP contribution in [0.2, 0.25) is 0 Å². The third-order valence-electron chi connectivity index (χ3n) is 2.66. The monoisotopic (exact) mass is 455 g/mol. The van der Waals surface area contributed by atoms with Crippen molar-refractivity contribution in [2.24, 2.45) is 0 Å². The summed E-state index contributed by atoms with van der Waals surface area (Å²) in [6, 6.07) is 4.96. The van der Waals surface area contributed by atoms with E-state index >= 15 is 0 Å². The number of nitrogens with one attached hydrogen (secondary N) is 1. The minimum atomic E-state index is 0.440. The second-order valence-electron chi connectivity index (χ2n) is 4.13. The van der Waals surface area contributed by atoms with Crippen molar-refractivity contribution >= 4 is 61.2 Å². The van der Waals surface area contributed by atoms with Gasteiger partial charge in [-0.3, -0.25) is 0 Å². The lowest BCUT2D eigenvalue weighted by molar-refractivity contribution is 0.533. The minimum absolute atomic E-state index is 0.440. The van der Waals surface area contributed by atoms with Crippen LogP contribution in [-0.4, -0.2) is 6.54 Å². The molecule has 1 N–H and O–H groups in total. The molecule has 0 fully saturated rings. The molecule has 5 heteroatoms. The van der Waals surface area contributed by atoms with E-state index in [-0.39, 0.29) is 0 Å². The molecule has 2 heterocycles. The SMILES string of the molecule is CCCNC(Cc1cc(Br)cs1)c1csc(I)c1. The molecule has 0 bridgehead atoms. The molecule has 0 saturated carbocycles. The summed E-state index contributed by atoms with van der Waals surface area (Å²) >= 11 is 9.57. The summed E-state index contributed by atoms with van der Waals surface area (Å²) < 4.78 is 2.55. The van der Waals surface area contributed by atoms with Crippen LogP contribution in [0.1, 0.15) is 29.8 Å². The zero-order chi connectivity index (χ0) is 13.0. The highest BCUT2D eigenvalue weighted by atomic mass is 127. The van der Waals surface area contributed by atoms with Gasteiger partial charge in [-0.1, -0.05) is 6.92 Å². The highest BCUT2D eigenvalue weighted by Gasteiger charge is 2.14. The first-order chi connectivity index (χ1) is 8.69. The van der Waals surface area contributed by atoms with E-state index in [1.54, 1.807) is 0 Å². The van der Waals surface area contributed by atoms with Crippen LogP contribution < -0.4 is 5.32 Å². The van der Waals surface area contributed by atoms with Crippen LogP contribution in [-0.2, 0) is 6.42 Å². The molecule has 1 atom stereocenters. The van der Waals surface area contributed by atoms with E-state index in [1.165, 1.54) is 24.2 Å². The molecule has 0 spiro atoms. The van der Waals surface area contributed by atoms with Crippen LogP contribution in [0, 0.1) is 2.88 Å². The van der Waals surface area contributed by atoms with E-state index in [9.17, 15) is 0 Å². The van der Waals surface area contributed by atoms with Crippen molar-refractivity contribution < 1.29 is 0 Å². The lowest BCUT2D eigenvalue weighted by atomic mass is 10.1. The second-order valence-corrected chi connectivity index (χ2v) is 8.84. The summed E-state index contributed by atoms with van der Waals surface area (Å²) in [6.45, 7) is 3.28. The van der Waals surface area contributed by atoms with Crippen molar-refractivity contribution in [1.29, 1.82) is 0 Å². The summed E-state index contributed by atoms with van der Waals surface area (Å²) in [5, 5.41) is 8.08. The molecule has 2 aromatic heterocycles. The molecule has 1 unspecified atom stereocenters. The molecule has 0 aliphatic heterocycles. The Kier molecular flexibility index (Phi) is 6.14. The molecule has 0 amide bonds. The fraction of sp³-hybridized carbons (Fsp3) is 0.385. The molecule has 0 radical (unpaired) electrons. The molecule has 0 aromatic carbocycles. The number of hydrogen-bond donors (Lipinski definition) is 1. The van der Waals surface area contributed by atoms with E-state index in [0.29, 0.717) is 6.04 Å². The average molecular weight is 456 g/mol. The van der Waals surface area contributed by atoms with Gasteiger partial charge in [0.05, 0.1) is 2.88 Å². The van der Waals surface area contributed by atoms with E-state index in [1.807, 2.05) is 22.7 Å². The van der Waals surface area contributed by atoms with Crippen molar-refractivity contribution in [3.8, 4) is 0 Å². The highest BCUT2D eigenvalue weighted by Crippen LogP contribution is 2.28. The normalized spacial score (nSPS) is 12.8. The Bertz CT molecular complexity index is 495. The Morgan fingerprint density at radius 1 is 1.33 bits per heavy atom.